The molecule has 0 spiro atoms. The summed E-state index contributed by atoms with van der Waals surface area (Å²) >= 11 is 0. The smallest absolute Gasteiger partial charge is 0.305 e. The largest absolute Gasteiger partial charge is 0.466 e. The van der Waals surface area contributed by atoms with Gasteiger partial charge >= 0.3 is 5.97 Å². The van der Waals surface area contributed by atoms with Crippen LogP contribution in [-0.4, -0.2) is 47.4 Å². The van der Waals surface area contributed by atoms with E-state index in [-0.39, 0.29) is 18.5 Å². The number of nitrogens with one attached hydrogen (secondary N) is 1. The summed E-state index contributed by atoms with van der Waals surface area (Å²) < 4.78 is 5.50. The van der Waals surface area contributed by atoms with Gasteiger partial charge < -0.3 is 20.3 Å². The SMILES string of the molecule is CCCCCCCC/C=C\CCCCCCCCCCCC(=O)OCCCCCCCCCC/C=C\CCCCCCCCCC(=O)NC(CO)C(O)CCCCCCCCCCCCCCCCCC. The Bertz CT molecular complexity index is 1110. The first-order chi connectivity index (χ1) is 35.0. The zero-order valence-corrected chi connectivity index (χ0v) is 48.0. The predicted octanol–water partition coefficient (Wildman–Crippen LogP) is 20.2. The minimum atomic E-state index is -0.670. The number of rotatable bonds is 60. The molecule has 420 valence electrons. The van der Waals surface area contributed by atoms with Crippen molar-refractivity contribution in [1.82, 2.24) is 5.32 Å². The van der Waals surface area contributed by atoms with Gasteiger partial charge in [-0.1, -0.05) is 289 Å². The Labute approximate surface area is 443 Å². The lowest BCUT2D eigenvalue weighted by molar-refractivity contribution is -0.143. The number of amides is 1. The fourth-order valence-electron chi connectivity index (χ4n) is 10.0. The maximum absolute atomic E-state index is 12.5. The predicted molar refractivity (Wildman–Crippen MR) is 310 cm³/mol. The van der Waals surface area contributed by atoms with E-state index in [9.17, 15) is 19.8 Å². The second kappa shape index (κ2) is 60.9. The average molecular weight is 1000 g/mol. The van der Waals surface area contributed by atoms with Crippen LogP contribution < -0.4 is 5.32 Å². The van der Waals surface area contributed by atoms with E-state index >= 15 is 0 Å². The minimum Gasteiger partial charge on any atom is -0.466 e. The average Bonchev–Trinajstić information content (AvgIpc) is 3.37. The number of hydrogen-bond acceptors (Lipinski definition) is 5. The van der Waals surface area contributed by atoms with Crippen molar-refractivity contribution in [3.05, 3.63) is 24.3 Å². The lowest BCUT2D eigenvalue weighted by Crippen LogP contribution is -2.45. The lowest BCUT2D eigenvalue weighted by atomic mass is 10.0. The first-order valence-electron chi connectivity index (χ1n) is 32.1. The number of aliphatic hydroxyl groups is 2. The van der Waals surface area contributed by atoms with Gasteiger partial charge in [0.25, 0.3) is 0 Å². The summed E-state index contributed by atoms with van der Waals surface area (Å²) in [5.74, 6) is -0.0381. The number of unbranched alkanes of at least 4 members (excludes halogenated alkanes) is 45. The summed E-state index contributed by atoms with van der Waals surface area (Å²) in [4.78, 5) is 24.6. The van der Waals surface area contributed by atoms with Crippen LogP contribution in [0.25, 0.3) is 0 Å². The Morgan fingerprint density at radius 2 is 0.662 bits per heavy atom. The number of aliphatic hydroxyl groups excluding tert-OH is 2. The summed E-state index contributed by atoms with van der Waals surface area (Å²) in [6.07, 6.45) is 74.7. The number of carbonyl (C=O) groups is 2. The molecule has 0 rings (SSSR count). The summed E-state index contributed by atoms with van der Waals surface area (Å²) in [5, 5.41) is 23.3. The third-order valence-electron chi connectivity index (χ3n) is 15.0. The van der Waals surface area contributed by atoms with E-state index < -0.39 is 12.1 Å². The fraction of sp³-hybridized carbons (Fsp3) is 0.908. The molecule has 71 heavy (non-hydrogen) atoms. The first kappa shape index (κ1) is 69.3. The minimum absolute atomic E-state index is 0.00417. The van der Waals surface area contributed by atoms with Crippen LogP contribution in [0, 0.1) is 0 Å². The Balaban J connectivity index is 3.42. The number of hydrogen-bond donors (Lipinski definition) is 3. The molecule has 0 aliphatic rings. The van der Waals surface area contributed by atoms with Gasteiger partial charge in [0.2, 0.25) is 5.91 Å². The van der Waals surface area contributed by atoms with Gasteiger partial charge in [-0.25, -0.2) is 0 Å². The van der Waals surface area contributed by atoms with E-state index in [0.29, 0.717) is 25.9 Å². The van der Waals surface area contributed by atoms with Crippen molar-refractivity contribution in [2.75, 3.05) is 13.2 Å². The molecule has 0 fully saturated rings. The molecule has 0 aromatic heterocycles. The maximum Gasteiger partial charge on any atom is 0.305 e. The van der Waals surface area contributed by atoms with Crippen molar-refractivity contribution in [1.29, 1.82) is 0 Å². The van der Waals surface area contributed by atoms with Crippen molar-refractivity contribution in [2.45, 2.75) is 366 Å². The molecule has 0 radical (unpaired) electrons. The third kappa shape index (κ3) is 57.5. The van der Waals surface area contributed by atoms with E-state index in [4.69, 9.17) is 4.74 Å². The second-order valence-corrected chi connectivity index (χ2v) is 22.1. The van der Waals surface area contributed by atoms with E-state index in [2.05, 4.69) is 43.5 Å². The maximum atomic E-state index is 12.5. The molecule has 6 nitrogen and oxygen atoms in total. The molecule has 0 heterocycles. The summed E-state index contributed by atoms with van der Waals surface area (Å²) in [5.41, 5.74) is 0. The molecule has 0 aliphatic carbocycles. The van der Waals surface area contributed by atoms with E-state index in [0.717, 1.165) is 44.9 Å². The van der Waals surface area contributed by atoms with Gasteiger partial charge in [-0.15, -0.1) is 0 Å². The van der Waals surface area contributed by atoms with Crippen molar-refractivity contribution in [2.24, 2.45) is 0 Å². The van der Waals surface area contributed by atoms with Crippen LogP contribution in [0.4, 0.5) is 0 Å². The molecule has 2 unspecified atom stereocenters. The van der Waals surface area contributed by atoms with Crippen molar-refractivity contribution >= 4 is 11.9 Å². The van der Waals surface area contributed by atoms with Crippen LogP contribution in [0.5, 0.6) is 0 Å². The van der Waals surface area contributed by atoms with Crippen LogP contribution >= 0.6 is 0 Å². The normalized spacial score (nSPS) is 12.7. The molecule has 0 aromatic rings. The number of ether oxygens (including phenoxy) is 1. The highest BCUT2D eigenvalue weighted by molar-refractivity contribution is 5.76. The standard InChI is InChI=1S/C65H125NO5/c1-3-5-7-9-11-13-15-17-19-21-23-27-31-35-39-43-47-51-55-59-65(70)71-60-56-52-48-44-40-36-32-28-25-22-24-26-30-34-38-42-46-50-54-58-64(69)66-62(61-67)63(68)57-53-49-45-41-37-33-29-20-18-16-14-12-10-8-6-4-2/h17,19,22,24,62-63,67-68H,3-16,18,20-21,23,25-61H2,1-2H3,(H,66,69)/b19-17-,24-22-. The van der Waals surface area contributed by atoms with Gasteiger partial charge in [0.05, 0.1) is 25.4 Å². The molecule has 0 bridgehead atoms. The summed E-state index contributed by atoms with van der Waals surface area (Å²) in [7, 11) is 0. The molecule has 0 aromatic carbocycles. The summed E-state index contributed by atoms with van der Waals surface area (Å²) in [6.45, 7) is 4.96. The first-order valence-corrected chi connectivity index (χ1v) is 32.1. The molecule has 3 N–H and O–H groups in total. The van der Waals surface area contributed by atoms with Crippen molar-refractivity contribution in [3.63, 3.8) is 0 Å². The highest BCUT2D eigenvalue weighted by atomic mass is 16.5. The van der Waals surface area contributed by atoms with E-state index in [1.807, 2.05) is 0 Å². The molecular weight excluding hydrogens is 875 g/mol. The van der Waals surface area contributed by atoms with Crippen LogP contribution in [0.2, 0.25) is 0 Å². The monoisotopic (exact) mass is 1000 g/mol. The van der Waals surface area contributed by atoms with Gasteiger partial charge in [0.15, 0.2) is 0 Å². The van der Waals surface area contributed by atoms with Gasteiger partial charge in [-0.05, 0) is 77.0 Å². The molecule has 2 atom stereocenters. The van der Waals surface area contributed by atoms with Gasteiger partial charge in [-0.3, -0.25) is 9.59 Å². The van der Waals surface area contributed by atoms with Gasteiger partial charge in [0, 0.05) is 12.8 Å². The van der Waals surface area contributed by atoms with Crippen LogP contribution in [0.1, 0.15) is 354 Å². The van der Waals surface area contributed by atoms with Crippen LogP contribution in [0.3, 0.4) is 0 Å². The number of allylic oxidation sites excluding steroid dienone is 4. The lowest BCUT2D eigenvalue weighted by Gasteiger charge is -2.22. The highest BCUT2D eigenvalue weighted by Crippen LogP contribution is 2.18. The summed E-state index contributed by atoms with van der Waals surface area (Å²) in [6, 6.07) is -0.549. The Morgan fingerprint density at radius 1 is 0.380 bits per heavy atom. The topological polar surface area (TPSA) is 95.9 Å². The van der Waals surface area contributed by atoms with E-state index in [1.165, 1.54) is 276 Å². The fourth-order valence-corrected chi connectivity index (χ4v) is 10.0. The van der Waals surface area contributed by atoms with Crippen molar-refractivity contribution in [3.8, 4) is 0 Å². The number of esters is 1. The molecule has 0 saturated heterocycles. The van der Waals surface area contributed by atoms with Gasteiger partial charge in [0.1, 0.15) is 0 Å². The Morgan fingerprint density at radius 3 is 1.00 bits per heavy atom. The van der Waals surface area contributed by atoms with Crippen molar-refractivity contribution < 1.29 is 24.5 Å². The zero-order valence-electron chi connectivity index (χ0n) is 48.0. The molecule has 1 amide bonds. The number of carbonyl (C=O) groups excluding carboxylic acids is 2. The van der Waals surface area contributed by atoms with Crippen LogP contribution in [-0.2, 0) is 14.3 Å². The van der Waals surface area contributed by atoms with Crippen LogP contribution in [0.15, 0.2) is 24.3 Å². The van der Waals surface area contributed by atoms with Gasteiger partial charge in [-0.2, -0.15) is 0 Å². The zero-order chi connectivity index (χ0) is 51.4. The Hall–Kier alpha value is -1.66. The Kier molecular flexibility index (Phi) is 59.5. The third-order valence-corrected chi connectivity index (χ3v) is 15.0. The quantitative estimate of drug-likeness (QED) is 0.0320. The molecule has 6 heteroatoms. The molecule has 0 aliphatic heterocycles. The second-order valence-electron chi connectivity index (χ2n) is 22.1. The van der Waals surface area contributed by atoms with E-state index in [1.54, 1.807) is 0 Å². The molecular formula is C65H125NO5. The molecule has 0 saturated carbocycles. The highest BCUT2D eigenvalue weighted by Gasteiger charge is 2.20.